The second-order valence-electron chi connectivity index (χ2n) is 21.3. The molecule has 0 aliphatic carbocycles. The van der Waals surface area contributed by atoms with E-state index in [2.05, 4.69) is 69.4 Å². The molecule has 0 bridgehead atoms. The van der Waals surface area contributed by atoms with Gasteiger partial charge in [-0.25, -0.2) is 0 Å². The van der Waals surface area contributed by atoms with Crippen LogP contribution in [0, 0.1) is 0 Å². The average Bonchev–Trinajstić information content (AvgIpc) is 3.38. The van der Waals surface area contributed by atoms with Gasteiger partial charge in [0.25, 0.3) is 0 Å². The molecule has 0 saturated heterocycles. The Bertz CT molecular complexity index is 1250. The molecule has 0 fully saturated rings. The highest BCUT2D eigenvalue weighted by Crippen LogP contribution is 2.17. The van der Waals surface area contributed by atoms with Crippen LogP contribution in [0.3, 0.4) is 0 Å². The number of allylic oxidation sites excluding steroid dienone is 8. The Labute approximate surface area is 448 Å². The number of unbranched alkanes of at least 4 members (excludes halogenated alkanes) is 39. The van der Waals surface area contributed by atoms with Crippen LogP contribution in [0.15, 0.2) is 48.6 Å². The fourth-order valence-electron chi connectivity index (χ4n) is 9.24. The molecule has 0 aliphatic heterocycles. The quantitative estimate of drug-likeness (QED) is 0.0261. The standard InChI is InChI=1S/C66H120O6/c1-4-7-10-13-16-19-22-24-26-27-28-29-30-31-32-33-34-35-36-37-38-39-41-42-44-47-50-53-56-59-65(68)71-62-63(61-70-64(67)58-55-52-49-46-21-18-15-12-9-6-3)72-66(69)60-57-54-51-48-45-43-40-25-23-20-17-14-11-8-5-2/h12,15,22,24-25,27-28,40,63H,4-11,13-14,16-21,23,26,29-39,41-62H2,1-3H3/b15-12-,24-22-,28-27-,40-25-. The molecule has 0 aromatic rings. The summed E-state index contributed by atoms with van der Waals surface area (Å²) in [5.41, 5.74) is 0. The summed E-state index contributed by atoms with van der Waals surface area (Å²) in [5.74, 6) is -0.880. The summed E-state index contributed by atoms with van der Waals surface area (Å²) in [7, 11) is 0. The summed E-state index contributed by atoms with van der Waals surface area (Å²) in [6.45, 7) is 6.59. The second kappa shape index (κ2) is 60.9. The molecule has 0 saturated carbocycles. The van der Waals surface area contributed by atoms with E-state index in [4.69, 9.17) is 14.2 Å². The number of rotatable bonds is 58. The molecule has 0 aromatic heterocycles. The highest BCUT2D eigenvalue weighted by molar-refractivity contribution is 5.71. The summed E-state index contributed by atoms with van der Waals surface area (Å²) in [6.07, 6.45) is 75.7. The Morgan fingerprint density at radius 3 is 0.833 bits per heavy atom. The minimum Gasteiger partial charge on any atom is -0.462 e. The predicted molar refractivity (Wildman–Crippen MR) is 312 cm³/mol. The van der Waals surface area contributed by atoms with Crippen LogP contribution in [-0.2, 0) is 28.6 Å². The SMILES string of the molecule is CCC/C=C\CCCCCCCC(=O)OCC(COC(=O)CCCCCCCCCCCCCCCCCCC/C=C\C/C=C\CCCCCCC)OC(=O)CCCCCCC/C=C\CCCCCCCC. The van der Waals surface area contributed by atoms with Crippen LogP contribution in [0.25, 0.3) is 0 Å². The van der Waals surface area contributed by atoms with Crippen LogP contribution in [0.4, 0.5) is 0 Å². The normalized spacial score (nSPS) is 12.3. The van der Waals surface area contributed by atoms with Gasteiger partial charge < -0.3 is 14.2 Å². The van der Waals surface area contributed by atoms with Gasteiger partial charge >= 0.3 is 17.9 Å². The van der Waals surface area contributed by atoms with Crippen molar-refractivity contribution in [3.63, 3.8) is 0 Å². The molecule has 0 spiro atoms. The summed E-state index contributed by atoms with van der Waals surface area (Å²) < 4.78 is 16.9. The van der Waals surface area contributed by atoms with Gasteiger partial charge in [-0.3, -0.25) is 14.4 Å². The lowest BCUT2D eigenvalue weighted by atomic mass is 10.0. The highest BCUT2D eigenvalue weighted by Gasteiger charge is 2.19. The third kappa shape index (κ3) is 58.3. The molecule has 1 atom stereocenters. The predicted octanol–water partition coefficient (Wildman–Crippen LogP) is 21.4. The molecule has 0 amide bonds. The fraction of sp³-hybridized carbons (Fsp3) is 0.833. The van der Waals surface area contributed by atoms with Crippen molar-refractivity contribution in [2.24, 2.45) is 0 Å². The highest BCUT2D eigenvalue weighted by atomic mass is 16.6. The second-order valence-corrected chi connectivity index (χ2v) is 21.3. The van der Waals surface area contributed by atoms with E-state index in [-0.39, 0.29) is 31.1 Å². The lowest BCUT2D eigenvalue weighted by molar-refractivity contribution is -0.167. The fourth-order valence-corrected chi connectivity index (χ4v) is 9.24. The van der Waals surface area contributed by atoms with Crippen LogP contribution < -0.4 is 0 Å². The molecule has 1 unspecified atom stereocenters. The maximum atomic E-state index is 12.8. The Kier molecular flexibility index (Phi) is 58.7. The van der Waals surface area contributed by atoms with Gasteiger partial charge in [0.2, 0.25) is 0 Å². The number of esters is 3. The van der Waals surface area contributed by atoms with Crippen LogP contribution in [-0.4, -0.2) is 37.2 Å². The summed E-state index contributed by atoms with van der Waals surface area (Å²) in [4.78, 5) is 38.1. The Morgan fingerprint density at radius 1 is 0.278 bits per heavy atom. The number of hydrogen-bond acceptors (Lipinski definition) is 6. The van der Waals surface area contributed by atoms with E-state index >= 15 is 0 Å². The molecule has 420 valence electrons. The monoisotopic (exact) mass is 1010 g/mol. The van der Waals surface area contributed by atoms with Crippen molar-refractivity contribution in [1.82, 2.24) is 0 Å². The number of carbonyl (C=O) groups excluding carboxylic acids is 3. The molecule has 0 aliphatic rings. The third-order valence-electron chi connectivity index (χ3n) is 14.0. The van der Waals surface area contributed by atoms with E-state index < -0.39 is 6.10 Å². The van der Waals surface area contributed by atoms with E-state index in [9.17, 15) is 14.4 Å². The molecule has 72 heavy (non-hydrogen) atoms. The van der Waals surface area contributed by atoms with E-state index in [1.807, 2.05) is 0 Å². The van der Waals surface area contributed by atoms with Gasteiger partial charge in [-0.2, -0.15) is 0 Å². The number of hydrogen-bond donors (Lipinski definition) is 0. The lowest BCUT2D eigenvalue weighted by Gasteiger charge is -2.18. The first kappa shape index (κ1) is 69.4. The summed E-state index contributed by atoms with van der Waals surface area (Å²) in [6, 6.07) is 0. The first-order valence-corrected chi connectivity index (χ1v) is 31.6. The van der Waals surface area contributed by atoms with E-state index in [0.717, 1.165) is 83.5 Å². The van der Waals surface area contributed by atoms with Gasteiger partial charge in [-0.05, 0) is 96.3 Å². The zero-order valence-corrected chi connectivity index (χ0v) is 48.2. The maximum Gasteiger partial charge on any atom is 0.306 e. The van der Waals surface area contributed by atoms with Crippen molar-refractivity contribution in [2.45, 2.75) is 341 Å². The van der Waals surface area contributed by atoms with Crippen molar-refractivity contribution < 1.29 is 28.6 Å². The minimum atomic E-state index is -0.778. The van der Waals surface area contributed by atoms with Gasteiger partial charge in [0.1, 0.15) is 13.2 Å². The van der Waals surface area contributed by atoms with E-state index in [1.165, 1.54) is 212 Å². The van der Waals surface area contributed by atoms with Gasteiger partial charge in [0.15, 0.2) is 6.10 Å². The van der Waals surface area contributed by atoms with Crippen LogP contribution in [0.2, 0.25) is 0 Å². The smallest absolute Gasteiger partial charge is 0.306 e. The van der Waals surface area contributed by atoms with E-state index in [1.54, 1.807) is 0 Å². The first-order chi connectivity index (χ1) is 35.5. The topological polar surface area (TPSA) is 78.9 Å². The van der Waals surface area contributed by atoms with Crippen LogP contribution in [0.1, 0.15) is 335 Å². The molecule has 0 heterocycles. The molecule has 6 nitrogen and oxygen atoms in total. The van der Waals surface area contributed by atoms with Crippen molar-refractivity contribution >= 4 is 17.9 Å². The van der Waals surface area contributed by atoms with Gasteiger partial charge in [-0.15, -0.1) is 0 Å². The van der Waals surface area contributed by atoms with Crippen LogP contribution in [0.5, 0.6) is 0 Å². The van der Waals surface area contributed by atoms with Crippen molar-refractivity contribution in [1.29, 1.82) is 0 Å². The van der Waals surface area contributed by atoms with E-state index in [0.29, 0.717) is 19.3 Å². The molecule has 6 heteroatoms. The van der Waals surface area contributed by atoms with Crippen molar-refractivity contribution in [3.8, 4) is 0 Å². The van der Waals surface area contributed by atoms with Crippen molar-refractivity contribution in [3.05, 3.63) is 48.6 Å². The Morgan fingerprint density at radius 2 is 0.528 bits per heavy atom. The first-order valence-electron chi connectivity index (χ1n) is 31.6. The Balaban J connectivity index is 4.12. The summed E-state index contributed by atoms with van der Waals surface area (Å²) >= 11 is 0. The van der Waals surface area contributed by atoms with Gasteiger partial charge in [-0.1, -0.05) is 268 Å². The van der Waals surface area contributed by atoms with Gasteiger partial charge in [0.05, 0.1) is 0 Å². The lowest BCUT2D eigenvalue weighted by Crippen LogP contribution is -2.30. The molecule has 0 rings (SSSR count). The minimum absolute atomic E-state index is 0.0762. The Hall–Kier alpha value is -2.63. The molecule has 0 N–H and O–H groups in total. The van der Waals surface area contributed by atoms with Gasteiger partial charge in [0, 0.05) is 19.3 Å². The maximum absolute atomic E-state index is 12.8. The van der Waals surface area contributed by atoms with Crippen LogP contribution >= 0.6 is 0 Å². The molecule has 0 aromatic carbocycles. The zero-order chi connectivity index (χ0) is 52.2. The third-order valence-corrected chi connectivity index (χ3v) is 14.0. The average molecular weight is 1010 g/mol. The van der Waals surface area contributed by atoms with Crippen molar-refractivity contribution in [2.75, 3.05) is 13.2 Å². The molecule has 0 radical (unpaired) electrons. The number of ether oxygens (including phenoxy) is 3. The molecular formula is C66H120O6. The zero-order valence-electron chi connectivity index (χ0n) is 48.2. The largest absolute Gasteiger partial charge is 0.462 e. The summed E-state index contributed by atoms with van der Waals surface area (Å²) in [5, 5.41) is 0. The molecular weight excluding hydrogens is 889 g/mol. The number of carbonyl (C=O) groups is 3.